The summed E-state index contributed by atoms with van der Waals surface area (Å²) >= 11 is 1.85. The second-order valence-electron chi connectivity index (χ2n) is 5.00. The van der Waals surface area contributed by atoms with Crippen LogP contribution in [0.3, 0.4) is 0 Å². The van der Waals surface area contributed by atoms with Crippen LogP contribution in [0.5, 0.6) is 0 Å². The van der Waals surface area contributed by atoms with Crippen molar-refractivity contribution in [1.82, 2.24) is 10.2 Å². The highest BCUT2D eigenvalue weighted by molar-refractivity contribution is 7.09. The quantitative estimate of drug-likeness (QED) is 0.864. The van der Waals surface area contributed by atoms with E-state index in [1.165, 1.54) is 43.6 Å². The molecular weight excluding hydrogens is 216 g/mol. The van der Waals surface area contributed by atoms with Crippen molar-refractivity contribution >= 4 is 11.3 Å². The highest BCUT2D eigenvalue weighted by atomic mass is 32.1. The van der Waals surface area contributed by atoms with Crippen molar-refractivity contribution in [3.8, 4) is 0 Å². The third kappa shape index (κ3) is 2.65. The Morgan fingerprint density at radius 3 is 2.69 bits per heavy atom. The molecular formula is C13H20N2S. The van der Waals surface area contributed by atoms with Gasteiger partial charge in [0.05, 0.1) is 0 Å². The van der Waals surface area contributed by atoms with E-state index in [9.17, 15) is 0 Å². The summed E-state index contributed by atoms with van der Waals surface area (Å²) in [4.78, 5) is 4.15. The van der Waals surface area contributed by atoms with Gasteiger partial charge in [-0.2, -0.15) is 0 Å². The summed E-state index contributed by atoms with van der Waals surface area (Å²) in [6.45, 7) is 3.69. The molecule has 1 aromatic rings. The van der Waals surface area contributed by atoms with Gasteiger partial charge >= 0.3 is 0 Å². The van der Waals surface area contributed by atoms with E-state index in [4.69, 9.17) is 0 Å². The fourth-order valence-electron chi connectivity index (χ4n) is 2.57. The van der Waals surface area contributed by atoms with Gasteiger partial charge in [-0.15, -0.1) is 11.3 Å². The first-order chi connectivity index (χ1) is 7.92. The summed E-state index contributed by atoms with van der Waals surface area (Å²) in [5, 5.41) is 5.85. The third-order valence-corrected chi connectivity index (χ3v) is 4.61. The van der Waals surface area contributed by atoms with Gasteiger partial charge in [0, 0.05) is 23.5 Å². The number of rotatable bonds is 4. The average molecular weight is 236 g/mol. The van der Waals surface area contributed by atoms with Crippen molar-refractivity contribution in [2.24, 2.45) is 0 Å². The highest BCUT2D eigenvalue weighted by Gasteiger charge is 2.31. The van der Waals surface area contributed by atoms with Gasteiger partial charge in [-0.05, 0) is 50.2 Å². The molecule has 1 aliphatic carbocycles. The molecule has 3 heteroatoms. The van der Waals surface area contributed by atoms with Crippen LogP contribution in [0.2, 0.25) is 0 Å². The second-order valence-corrected chi connectivity index (χ2v) is 6.03. The van der Waals surface area contributed by atoms with E-state index in [1.807, 2.05) is 11.3 Å². The molecule has 2 fully saturated rings. The van der Waals surface area contributed by atoms with E-state index in [0.29, 0.717) is 0 Å². The predicted molar refractivity (Wildman–Crippen MR) is 68.8 cm³/mol. The summed E-state index contributed by atoms with van der Waals surface area (Å²) in [5.41, 5.74) is 0. The highest BCUT2D eigenvalue weighted by Crippen LogP contribution is 2.29. The maximum Gasteiger partial charge on any atom is 0.0302 e. The molecule has 0 amide bonds. The van der Waals surface area contributed by atoms with Crippen molar-refractivity contribution in [1.29, 1.82) is 0 Å². The lowest BCUT2D eigenvalue weighted by Crippen LogP contribution is -2.42. The van der Waals surface area contributed by atoms with E-state index in [0.717, 1.165) is 18.6 Å². The van der Waals surface area contributed by atoms with E-state index < -0.39 is 0 Å². The molecule has 88 valence electrons. The monoisotopic (exact) mass is 236 g/mol. The van der Waals surface area contributed by atoms with Crippen molar-refractivity contribution in [2.45, 2.75) is 44.3 Å². The number of hydrogen-bond acceptors (Lipinski definition) is 3. The summed E-state index contributed by atoms with van der Waals surface area (Å²) in [7, 11) is 0. The Morgan fingerprint density at radius 2 is 2.06 bits per heavy atom. The molecule has 0 bridgehead atoms. The largest absolute Gasteiger partial charge is 0.309 e. The van der Waals surface area contributed by atoms with Crippen LogP contribution in [0.4, 0.5) is 0 Å². The zero-order chi connectivity index (χ0) is 10.8. The van der Waals surface area contributed by atoms with E-state index in [1.54, 1.807) is 0 Å². The van der Waals surface area contributed by atoms with Gasteiger partial charge in [0.15, 0.2) is 0 Å². The lowest BCUT2D eigenvalue weighted by Gasteiger charge is -2.32. The minimum absolute atomic E-state index is 0.747. The first kappa shape index (κ1) is 10.8. The molecule has 0 aromatic carbocycles. The molecule has 16 heavy (non-hydrogen) atoms. The van der Waals surface area contributed by atoms with E-state index in [2.05, 4.69) is 27.7 Å². The molecule has 1 aliphatic heterocycles. The van der Waals surface area contributed by atoms with Crippen LogP contribution >= 0.6 is 11.3 Å². The van der Waals surface area contributed by atoms with Gasteiger partial charge in [0.25, 0.3) is 0 Å². The van der Waals surface area contributed by atoms with E-state index >= 15 is 0 Å². The molecule has 1 saturated carbocycles. The molecule has 2 nitrogen and oxygen atoms in total. The number of nitrogens with one attached hydrogen (secondary N) is 1. The first-order valence-electron chi connectivity index (χ1n) is 6.41. The Morgan fingerprint density at radius 1 is 1.25 bits per heavy atom. The molecule has 2 aliphatic rings. The molecule has 0 unspecified atom stereocenters. The Labute approximate surface area is 102 Å². The smallest absolute Gasteiger partial charge is 0.0302 e. The molecule has 1 aromatic heterocycles. The molecule has 1 saturated heterocycles. The minimum atomic E-state index is 0.747. The summed E-state index contributed by atoms with van der Waals surface area (Å²) in [6, 6.07) is 6.06. The number of piperidine rings is 1. The van der Waals surface area contributed by atoms with Crippen molar-refractivity contribution < 1.29 is 0 Å². The number of thiophene rings is 1. The normalized spacial score (nSPS) is 23.8. The van der Waals surface area contributed by atoms with Crippen molar-refractivity contribution in [2.75, 3.05) is 13.1 Å². The Bertz CT molecular complexity index is 311. The van der Waals surface area contributed by atoms with Gasteiger partial charge in [-0.3, -0.25) is 0 Å². The summed E-state index contributed by atoms with van der Waals surface area (Å²) in [5.74, 6) is 0. The molecule has 3 rings (SSSR count). The summed E-state index contributed by atoms with van der Waals surface area (Å²) < 4.78 is 0. The van der Waals surface area contributed by atoms with Crippen LogP contribution in [-0.2, 0) is 6.54 Å². The van der Waals surface area contributed by atoms with Crippen molar-refractivity contribution in [3.63, 3.8) is 0 Å². The fraction of sp³-hybridized carbons (Fsp3) is 0.692. The Kier molecular flexibility index (Phi) is 3.27. The van der Waals surface area contributed by atoms with Crippen LogP contribution in [0.25, 0.3) is 0 Å². The average Bonchev–Trinajstić information content (AvgIpc) is 3.05. The topological polar surface area (TPSA) is 15.3 Å². The van der Waals surface area contributed by atoms with Crippen LogP contribution in [0, 0.1) is 0 Å². The first-order valence-corrected chi connectivity index (χ1v) is 7.29. The third-order valence-electron chi connectivity index (χ3n) is 3.74. The Balaban J connectivity index is 1.40. The maximum absolute atomic E-state index is 3.69. The molecule has 0 atom stereocenters. The summed E-state index contributed by atoms with van der Waals surface area (Å²) in [6.07, 6.45) is 5.57. The van der Waals surface area contributed by atoms with Gasteiger partial charge < -0.3 is 10.2 Å². The van der Waals surface area contributed by atoms with Crippen LogP contribution in [0.15, 0.2) is 17.5 Å². The zero-order valence-electron chi connectivity index (χ0n) is 9.69. The van der Waals surface area contributed by atoms with Crippen LogP contribution < -0.4 is 5.32 Å². The number of nitrogens with zero attached hydrogens (tertiary/aromatic N) is 1. The number of hydrogen-bond donors (Lipinski definition) is 1. The fourth-order valence-corrected chi connectivity index (χ4v) is 3.22. The molecule has 0 radical (unpaired) electrons. The van der Waals surface area contributed by atoms with Crippen LogP contribution in [-0.4, -0.2) is 30.1 Å². The van der Waals surface area contributed by atoms with Gasteiger partial charge in [-0.25, -0.2) is 0 Å². The lowest BCUT2D eigenvalue weighted by molar-refractivity contribution is 0.189. The van der Waals surface area contributed by atoms with E-state index in [-0.39, 0.29) is 0 Å². The molecule has 0 spiro atoms. The molecule has 2 heterocycles. The maximum atomic E-state index is 3.69. The lowest BCUT2D eigenvalue weighted by atomic mass is 10.0. The minimum Gasteiger partial charge on any atom is -0.309 e. The number of likely N-dealkylation sites (tertiary alicyclic amines) is 1. The second kappa shape index (κ2) is 4.86. The van der Waals surface area contributed by atoms with Crippen molar-refractivity contribution in [3.05, 3.63) is 22.4 Å². The zero-order valence-corrected chi connectivity index (χ0v) is 10.5. The predicted octanol–water partition coefficient (Wildman–Crippen LogP) is 2.46. The Hall–Kier alpha value is -0.380. The van der Waals surface area contributed by atoms with Gasteiger partial charge in [0.2, 0.25) is 0 Å². The molecule has 1 N–H and O–H groups in total. The standard InChI is InChI=1S/C13H20N2S/c1-2-13(16-9-1)10-14-11-5-7-15(8-6-11)12-3-4-12/h1-2,9,11-12,14H,3-8,10H2. The van der Waals surface area contributed by atoms with Crippen LogP contribution in [0.1, 0.15) is 30.6 Å². The van der Waals surface area contributed by atoms with Gasteiger partial charge in [0.1, 0.15) is 0 Å². The SMILES string of the molecule is c1csc(CNC2CCN(C3CC3)CC2)c1. The van der Waals surface area contributed by atoms with Gasteiger partial charge in [-0.1, -0.05) is 6.07 Å².